The van der Waals surface area contributed by atoms with Crippen LogP contribution >= 0.6 is 0 Å². The van der Waals surface area contributed by atoms with Gasteiger partial charge >= 0.3 is 0 Å². The van der Waals surface area contributed by atoms with Gasteiger partial charge in [0.2, 0.25) is 0 Å². The quantitative estimate of drug-likeness (QED) is 0.785. The number of aliphatic imine (C=N–C) groups is 1. The number of nitrogens with one attached hydrogen (secondary N) is 2. The van der Waals surface area contributed by atoms with Crippen LogP contribution in [0.1, 0.15) is 17.5 Å². The van der Waals surface area contributed by atoms with Crippen molar-refractivity contribution < 1.29 is 9.47 Å². The molecule has 21 heavy (non-hydrogen) atoms. The second-order valence-corrected chi connectivity index (χ2v) is 4.85. The number of allylic oxidation sites excluding steroid dienone is 1. The van der Waals surface area contributed by atoms with Gasteiger partial charge in [0.1, 0.15) is 0 Å². The summed E-state index contributed by atoms with van der Waals surface area (Å²) in [4.78, 5) is 4.40. The Kier molecular flexibility index (Phi) is 5.49. The maximum Gasteiger partial charge on any atom is 0.191 e. The van der Waals surface area contributed by atoms with Crippen LogP contribution in [0.15, 0.2) is 29.8 Å². The van der Waals surface area contributed by atoms with Gasteiger partial charge in [-0.25, -0.2) is 0 Å². The van der Waals surface area contributed by atoms with Crippen LogP contribution in [0.3, 0.4) is 0 Å². The zero-order chi connectivity index (χ0) is 15.1. The van der Waals surface area contributed by atoms with Crippen molar-refractivity contribution in [1.29, 1.82) is 0 Å². The highest BCUT2D eigenvalue weighted by Crippen LogP contribution is 2.33. The standard InChI is InChI=1S/C16H23N3O2/c1-4-6-13-9-12(10-14(20-2)15(13)21-3)11-19-16-17-7-5-8-18-16/h4,9-10H,1,5-8,11H2,2-3H3,(H2,17,18,19). The molecule has 0 atom stereocenters. The molecule has 0 amide bonds. The predicted octanol–water partition coefficient (Wildman–Crippen LogP) is 1.87. The van der Waals surface area contributed by atoms with Gasteiger partial charge in [0.15, 0.2) is 17.5 Å². The number of ether oxygens (including phenoxy) is 2. The monoisotopic (exact) mass is 289 g/mol. The van der Waals surface area contributed by atoms with Crippen LogP contribution in [0.4, 0.5) is 0 Å². The lowest BCUT2D eigenvalue weighted by Crippen LogP contribution is -2.40. The average molecular weight is 289 g/mol. The first-order valence-corrected chi connectivity index (χ1v) is 7.15. The first-order chi connectivity index (χ1) is 10.3. The Bertz CT molecular complexity index is 526. The van der Waals surface area contributed by atoms with Crippen molar-refractivity contribution >= 4 is 5.96 Å². The molecule has 0 aromatic heterocycles. The van der Waals surface area contributed by atoms with Crippen molar-refractivity contribution in [3.63, 3.8) is 0 Å². The van der Waals surface area contributed by atoms with E-state index in [1.807, 2.05) is 12.1 Å². The molecule has 0 fully saturated rings. The van der Waals surface area contributed by atoms with Crippen LogP contribution < -0.4 is 20.1 Å². The van der Waals surface area contributed by atoms with Gasteiger partial charge in [-0.15, -0.1) is 6.58 Å². The fourth-order valence-electron chi connectivity index (χ4n) is 2.35. The smallest absolute Gasteiger partial charge is 0.191 e. The Morgan fingerprint density at radius 1 is 1.38 bits per heavy atom. The maximum atomic E-state index is 5.44. The van der Waals surface area contributed by atoms with Gasteiger partial charge in [-0.3, -0.25) is 4.99 Å². The Hall–Kier alpha value is -2.17. The van der Waals surface area contributed by atoms with Crippen LogP contribution in [-0.4, -0.2) is 33.3 Å². The molecule has 0 saturated heterocycles. The molecule has 1 heterocycles. The first-order valence-electron chi connectivity index (χ1n) is 7.15. The summed E-state index contributed by atoms with van der Waals surface area (Å²) in [7, 11) is 3.31. The summed E-state index contributed by atoms with van der Waals surface area (Å²) in [5.41, 5.74) is 2.20. The molecular weight excluding hydrogens is 266 g/mol. The molecule has 0 spiro atoms. The first kappa shape index (κ1) is 15.2. The number of nitrogens with zero attached hydrogens (tertiary/aromatic N) is 1. The van der Waals surface area contributed by atoms with Crippen LogP contribution in [0, 0.1) is 0 Å². The van der Waals surface area contributed by atoms with Gasteiger partial charge in [0.05, 0.1) is 14.2 Å². The largest absolute Gasteiger partial charge is 0.493 e. The number of rotatable bonds is 6. The van der Waals surface area contributed by atoms with E-state index in [9.17, 15) is 0 Å². The lowest BCUT2D eigenvalue weighted by molar-refractivity contribution is 0.352. The van der Waals surface area contributed by atoms with Crippen LogP contribution in [0.5, 0.6) is 11.5 Å². The molecule has 2 rings (SSSR count). The molecule has 1 aromatic carbocycles. The van der Waals surface area contributed by atoms with Gasteiger partial charge in [0, 0.05) is 25.2 Å². The molecule has 1 aliphatic rings. The number of methoxy groups -OCH3 is 2. The summed E-state index contributed by atoms with van der Waals surface area (Å²) in [6, 6.07) is 4.10. The predicted molar refractivity (Wildman–Crippen MR) is 85.2 cm³/mol. The number of guanidine groups is 1. The summed E-state index contributed by atoms with van der Waals surface area (Å²) in [5, 5.41) is 6.56. The fourth-order valence-corrected chi connectivity index (χ4v) is 2.35. The number of benzene rings is 1. The molecule has 0 radical (unpaired) electrons. The molecule has 1 aliphatic heterocycles. The second-order valence-electron chi connectivity index (χ2n) is 4.85. The lowest BCUT2D eigenvalue weighted by atomic mass is 10.1. The number of hydrogen-bond acceptors (Lipinski definition) is 5. The Morgan fingerprint density at radius 3 is 2.86 bits per heavy atom. The van der Waals surface area contributed by atoms with E-state index in [0.717, 1.165) is 54.5 Å². The minimum atomic E-state index is 0.691. The van der Waals surface area contributed by atoms with Crippen molar-refractivity contribution in [2.75, 3.05) is 27.3 Å². The summed E-state index contributed by atoms with van der Waals surface area (Å²) < 4.78 is 10.9. The molecule has 0 saturated carbocycles. The van der Waals surface area contributed by atoms with Gasteiger partial charge in [-0.2, -0.15) is 0 Å². The van der Waals surface area contributed by atoms with Crippen LogP contribution in [-0.2, 0) is 13.0 Å². The highest BCUT2D eigenvalue weighted by Gasteiger charge is 2.12. The van der Waals surface area contributed by atoms with Crippen molar-refractivity contribution in [2.45, 2.75) is 19.4 Å². The van der Waals surface area contributed by atoms with Gasteiger partial charge in [0.25, 0.3) is 0 Å². The van der Waals surface area contributed by atoms with Crippen molar-refractivity contribution in [2.24, 2.45) is 4.99 Å². The van der Waals surface area contributed by atoms with Crippen LogP contribution in [0.2, 0.25) is 0 Å². The van der Waals surface area contributed by atoms with Crippen molar-refractivity contribution in [3.05, 3.63) is 35.9 Å². The summed E-state index contributed by atoms with van der Waals surface area (Å²) in [6.45, 7) is 6.34. The zero-order valence-electron chi connectivity index (χ0n) is 12.7. The highest BCUT2D eigenvalue weighted by molar-refractivity contribution is 5.80. The van der Waals surface area contributed by atoms with Crippen LogP contribution in [0.25, 0.3) is 0 Å². The van der Waals surface area contributed by atoms with E-state index in [4.69, 9.17) is 9.47 Å². The summed E-state index contributed by atoms with van der Waals surface area (Å²) in [6.07, 6.45) is 3.69. The van der Waals surface area contributed by atoms with E-state index >= 15 is 0 Å². The van der Waals surface area contributed by atoms with E-state index in [0.29, 0.717) is 6.54 Å². The SMILES string of the molecule is C=CCc1cc(CNC2=NCCCN2)cc(OC)c1OC. The third-order valence-corrected chi connectivity index (χ3v) is 3.34. The van der Waals surface area contributed by atoms with E-state index in [1.54, 1.807) is 14.2 Å². The average Bonchev–Trinajstić information content (AvgIpc) is 2.53. The molecular formula is C16H23N3O2. The van der Waals surface area contributed by atoms with Crippen molar-refractivity contribution in [1.82, 2.24) is 10.6 Å². The molecule has 5 heteroatoms. The van der Waals surface area contributed by atoms with Gasteiger partial charge < -0.3 is 20.1 Å². The van der Waals surface area contributed by atoms with Gasteiger partial charge in [-0.05, 0) is 30.5 Å². The summed E-state index contributed by atoms with van der Waals surface area (Å²) in [5.74, 6) is 2.38. The number of hydrogen-bond donors (Lipinski definition) is 2. The normalized spacial score (nSPS) is 13.9. The van der Waals surface area contributed by atoms with Gasteiger partial charge in [-0.1, -0.05) is 6.08 Å². The summed E-state index contributed by atoms with van der Waals surface area (Å²) >= 11 is 0. The van der Waals surface area contributed by atoms with E-state index in [1.165, 1.54) is 0 Å². The molecule has 2 N–H and O–H groups in total. The Morgan fingerprint density at radius 2 is 2.24 bits per heavy atom. The Labute approximate surface area is 126 Å². The highest BCUT2D eigenvalue weighted by atomic mass is 16.5. The maximum absolute atomic E-state index is 5.44. The van der Waals surface area contributed by atoms with E-state index in [-0.39, 0.29) is 0 Å². The topological polar surface area (TPSA) is 54.9 Å². The molecule has 0 bridgehead atoms. The van der Waals surface area contributed by atoms with E-state index in [2.05, 4.69) is 28.3 Å². The minimum absolute atomic E-state index is 0.691. The van der Waals surface area contributed by atoms with E-state index < -0.39 is 0 Å². The Balaban J connectivity index is 2.16. The van der Waals surface area contributed by atoms with Crippen molar-refractivity contribution in [3.8, 4) is 11.5 Å². The third kappa shape index (κ3) is 3.90. The molecule has 0 unspecified atom stereocenters. The third-order valence-electron chi connectivity index (χ3n) is 3.34. The molecule has 0 aliphatic carbocycles. The second kappa shape index (κ2) is 7.57. The molecule has 1 aromatic rings. The molecule has 5 nitrogen and oxygen atoms in total. The molecule has 114 valence electrons. The zero-order valence-corrected chi connectivity index (χ0v) is 12.7. The lowest BCUT2D eigenvalue weighted by Gasteiger charge is -2.18. The fraction of sp³-hybridized carbons (Fsp3) is 0.438. The minimum Gasteiger partial charge on any atom is -0.493 e.